The second kappa shape index (κ2) is 3.54. The van der Waals surface area contributed by atoms with Gasteiger partial charge in [-0.15, -0.1) is 0 Å². The molecule has 0 aliphatic heterocycles. The topological polar surface area (TPSA) is 20.2 Å². The first kappa shape index (κ1) is 9.97. The summed E-state index contributed by atoms with van der Waals surface area (Å²) in [6.07, 6.45) is 15.1. The molecular weight excluding hydrogens is 172 g/mol. The lowest BCUT2D eigenvalue weighted by atomic mass is 9.63. The highest BCUT2D eigenvalue weighted by Gasteiger charge is 2.44. The van der Waals surface area contributed by atoms with E-state index in [0.29, 0.717) is 0 Å². The third-order valence-electron chi connectivity index (χ3n) is 4.00. The monoisotopic (exact) mass is 192 g/mol. The Balaban J connectivity index is 2.18. The van der Waals surface area contributed by atoms with E-state index in [1.165, 1.54) is 19.3 Å². The van der Waals surface area contributed by atoms with Crippen molar-refractivity contribution in [3.05, 3.63) is 24.3 Å². The summed E-state index contributed by atoms with van der Waals surface area (Å²) < 4.78 is 0. The molecule has 1 fully saturated rings. The molecule has 78 valence electrons. The molecule has 0 radical (unpaired) electrons. The zero-order chi connectivity index (χ0) is 10.1. The normalized spacial score (nSPS) is 35.9. The maximum Gasteiger partial charge on any atom is 0.0738 e. The molecule has 0 amide bonds. The smallest absolute Gasteiger partial charge is 0.0738 e. The van der Waals surface area contributed by atoms with Gasteiger partial charge in [0.15, 0.2) is 0 Å². The van der Waals surface area contributed by atoms with Crippen LogP contribution in [0.5, 0.6) is 0 Å². The fraction of sp³-hybridized carbons (Fsp3) is 0.692. The van der Waals surface area contributed by atoms with E-state index in [-0.39, 0.29) is 5.41 Å². The Hall–Kier alpha value is -0.560. The number of allylic oxidation sites excluding steroid dienone is 3. The second-order valence-electron chi connectivity index (χ2n) is 5.00. The standard InChI is InChI=1S/C13H20O/c1-12(8-4-2-5-9-12)13(14)10-6-3-7-11-13/h2,4-5,8,14H,3,6-7,9-11H2,1H3. The summed E-state index contributed by atoms with van der Waals surface area (Å²) in [4.78, 5) is 0. The van der Waals surface area contributed by atoms with Gasteiger partial charge in [0.25, 0.3) is 0 Å². The Morgan fingerprint density at radius 3 is 2.36 bits per heavy atom. The van der Waals surface area contributed by atoms with Gasteiger partial charge < -0.3 is 5.11 Å². The van der Waals surface area contributed by atoms with Crippen molar-refractivity contribution in [1.29, 1.82) is 0 Å². The molecule has 0 heterocycles. The minimum absolute atomic E-state index is 0.0256. The largest absolute Gasteiger partial charge is 0.389 e. The molecule has 14 heavy (non-hydrogen) atoms. The van der Waals surface area contributed by atoms with Crippen LogP contribution in [0.1, 0.15) is 45.4 Å². The Labute approximate surface area is 86.5 Å². The molecule has 0 aromatic rings. The Morgan fingerprint density at radius 2 is 1.79 bits per heavy atom. The first-order valence-corrected chi connectivity index (χ1v) is 5.73. The van der Waals surface area contributed by atoms with E-state index >= 15 is 0 Å². The molecular formula is C13H20O. The Kier molecular flexibility index (Phi) is 2.52. The lowest BCUT2D eigenvalue weighted by molar-refractivity contribution is -0.0779. The highest BCUT2D eigenvalue weighted by molar-refractivity contribution is 5.20. The van der Waals surface area contributed by atoms with E-state index in [1.807, 2.05) is 0 Å². The van der Waals surface area contributed by atoms with Crippen LogP contribution in [-0.2, 0) is 0 Å². The molecule has 1 heteroatoms. The van der Waals surface area contributed by atoms with Crippen molar-refractivity contribution in [1.82, 2.24) is 0 Å². The van der Waals surface area contributed by atoms with Crippen LogP contribution in [0.2, 0.25) is 0 Å². The summed E-state index contributed by atoms with van der Waals surface area (Å²) >= 11 is 0. The number of hydrogen-bond acceptors (Lipinski definition) is 1. The van der Waals surface area contributed by atoms with Gasteiger partial charge in [0.05, 0.1) is 5.60 Å². The van der Waals surface area contributed by atoms with Crippen LogP contribution < -0.4 is 0 Å². The van der Waals surface area contributed by atoms with Crippen LogP contribution in [0.3, 0.4) is 0 Å². The molecule has 1 saturated carbocycles. The third-order valence-corrected chi connectivity index (χ3v) is 4.00. The quantitative estimate of drug-likeness (QED) is 0.676. The van der Waals surface area contributed by atoms with Crippen molar-refractivity contribution in [2.24, 2.45) is 5.41 Å². The fourth-order valence-electron chi connectivity index (χ4n) is 2.78. The van der Waals surface area contributed by atoms with E-state index < -0.39 is 5.60 Å². The van der Waals surface area contributed by atoms with Crippen molar-refractivity contribution < 1.29 is 5.11 Å². The van der Waals surface area contributed by atoms with E-state index in [0.717, 1.165) is 19.3 Å². The predicted octanol–water partition coefficient (Wildman–Crippen LogP) is 3.20. The molecule has 0 spiro atoms. The second-order valence-corrected chi connectivity index (χ2v) is 5.00. The lowest BCUT2D eigenvalue weighted by Gasteiger charge is -2.46. The summed E-state index contributed by atoms with van der Waals surface area (Å²) in [6, 6.07) is 0. The van der Waals surface area contributed by atoms with Crippen molar-refractivity contribution >= 4 is 0 Å². The average Bonchev–Trinajstić information content (AvgIpc) is 2.20. The number of aliphatic hydroxyl groups is 1. The van der Waals surface area contributed by atoms with E-state index in [1.54, 1.807) is 0 Å². The van der Waals surface area contributed by atoms with Gasteiger partial charge in [-0.1, -0.05) is 50.5 Å². The van der Waals surface area contributed by atoms with Gasteiger partial charge in [-0.25, -0.2) is 0 Å². The van der Waals surface area contributed by atoms with E-state index in [4.69, 9.17) is 0 Å². The zero-order valence-electron chi connectivity index (χ0n) is 9.00. The summed E-state index contributed by atoms with van der Waals surface area (Å²) in [7, 11) is 0. The molecule has 2 rings (SSSR count). The third kappa shape index (κ3) is 1.54. The minimum Gasteiger partial charge on any atom is -0.389 e. The first-order valence-electron chi connectivity index (χ1n) is 5.73. The SMILES string of the molecule is CC1(C2(O)CCCCC2)C=CC=CC1. The molecule has 1 N–H and O–H groups in total. The molecule has 0 bridgehead atoms. The molecule has 2 aliphatic carbocycles. The molecule has 0 aromatic heterocycles. The van der Waals surface area contributed by atoms with Crippen molar-refractivity contribution in [3.8, 4) is 0 Å². The van der Waals surface area contributed by atoms with Crippen LogP contribution in [0.15, 0.2) is 24.3 Å². The molecule has 0 saturated heterocycles. The average molecular weight is 192 g/mol. The van der Waals surface area contributed by atoms with Crippen molar-refractivity contribution in [2.45, 2.75) is 51.0 Å². The molecule has 2 aliphatic rings. The summed E-state index contributed by atoms with van der Waals surface area (Å²) in [6.45, 7) is 2.19. The van der Waals surface area contributed by atoms with E-state index in [9.17, 15) is 5.11 Å². The number of hydrogen-bond donors (Lipinski definition) is 1. The highest BCUT2D eigenvalue weighted by Crippen LogP contribution is 2.46. The predicted molar refractivity (Wildman–Crippen MR) is 59.0 cm³/mol. The minimum atomic E-state index is -0.452. The van der Waals surface area contributed by atoms with Gasteiger partial charge in [-0.05, 0) is 19.3 Å². The zero-order valence-corrected chi connectivity index (χ0v) is 9.00. The van der Waals surface area contributed by atoms with Gasteiger partial charge in [0.2, 0.25) is 0 Å². The maximum absolute atomic E-state index is 10.7. The molecule has 0 aromatic carbocycles. The van der Waals surface area contributed by atoms with Gasteiger partial charge >= 0.3 is 0 Å². The summed E-state index contributed by atoms with van der Waals surface area (Å²) in [5, 5.41) is 10.7. The summed E-state index contributed by atoms with van der Waals surface area (Å²) in [5.74, 6) is 0. The highest BCUT2D eigenvalue weighted by atomic mass is 16.3. The van der Waals surface area contributed by atoms with Crippen LogP contribution >= 0.6 is 0 Å². The van der Waals surface area contributed by atoms with Gasteiger partial charge in [-0.3, -0.25) is 0 Å². The summed E-state index contributed by atoms with van der Waals surface area (Å²) in [5.41, 5.74) is -0.477. The maximum atomic E-state index is 10.7. The Bertz CT molecular complexity index is 258. The molecule has 1 nitrogen and oxygen atoms in total. The van der Waals surface area contributed by atoms with Crippen molar-refractivity contribution in [2.75, 3.05) is 0 Å². The van der Waals surface area contributed by atoms with Crippen LogP contribution in [0, 0.1) is 5.41 Å². The van der Waals surface area contributed by atoms with Crippen LogP contribution in [0.25, 0.3) is 0 Å². The molecule has 1 unspecified atom stereocenters. The van der Waals surface area contributed by atoms with E-state index in [2.05, 4.69) is 31.2 Å². The van der Waals surface area contributed by atoms with Crippen molar-refractivity contribution in [3.63, 3.8) is 0 Å². The Morgan fingerprint density at radius 1 is 1.07 bits per heavy atom. The first-order chi connectivity index (χ1) is 6.66. The van der Waals surface area contributed by atoms with Gasteiger partial charge in [0, 0.05) is 5.41 Å². The van der Waals surface area contributed by atoms with Crippen LogP contribution in [-0.4, -0.2) is 10.7 Å². The fourth-order valence-corrected chi connectivity index (χ4v) is 2.78. The number of rotatable bonds is 1. The van der Waals surface area contributed by atoms with Gasteiger partial charge in [-0.2, -0.15) is 0 Å². The molecule has 1 atom stereocenters. The lowest BCUT2D eigenvalue weighted by Crippen LogP contribution is -2.47. The van der Waals surface area contributed by atoms with Gasteiger partial charge in [0.1, 0.15) is 0 Å². The van der Waals surface area contributed by atoms with Crippen LogP contribution in [0.4, 0.5) is 0 Å².